The monoisotopic (exact) mass is 602 g/mol. The molecule has 0 unspecified atom stereocenters. The van der Waals surface area contributed by atoms with Gasteiger partial charge in [0.25, 0.3) is 0 Å². The minimum absolute atomic E-state index is 0.217. The Morgan fingerprint density at radius 1 is 0.652 bits per heavy atom. The van der Waals surface area contributed by atoms with Gasteiger partial charge in [-0.3, -0.25) is 0 Å². The maximum absolute atomic E-state index is 5.13. The van der Waals surface area contributed by atoms with Crippen LogP contribution in [-0.2, 0) is 17.9 Å². The molecule has 0 amide bonds. The molecule has 4 heterocycles. The molecular weight excluding hydrogens is 562 g/mol. The van der Waals surface area contributed by atoms with E-state index in [-0.39, 0.29) is 10.8 Å². The highest BCUT2D eigenvalue weighted by molar-refractivity contribution is 6.27. The second-order valence-corrected chi connectivity index (χ2v) is 15.0. The summed E-state index contributed by atoms with van der Waals surface area (Å²) in [6.45, 7) is 17.5. The fraction of sp³-hybridized carbons (Fsp3) is 0.268. The van der Waals surface area contributed by atoms with Crippen molar-refractivity contribution in [1.29, 1.82) is 0 Å². The summed E-state index contributed by atoms with van der Waals surface area (Å²) in [6.07, 6.45) is 2.20. The van der Waals surface area contributed by atoms with Crippen LogP contribution < -0.4 is 4.57 Å². The van der Waals surface area contributed by atoms with Crippen LogP contribution in [0.25, 0.3) is 71.5 Å². The number of para-hydroxylation sites is 1. The summed E-state index contributed by atoms with van der Waals surface area (Å²) >= 11 is 0. The number of fused-ring (bicyclic) bond motifs is 5. The standard InChI is InChI=1S/C41H40N5/c1-23-20-30-29-17-13-16-28(25-14-11-10-12-15-25)34(29)46-31-22-27(37-42-38(40(3,4)5)44-39(43-37)41(6,7)8)21-26-18-19-45(9)36(33(26)31)32(24(23)2)35(30)46/h10-22H,1-9H3/q+1. The lowest BCUT2D eigenvalue weighted by molar-refractivity contribution is -0.643. The summed E-state index contributed by atoms with van der Waals surface area (Å²) in [5.74, 6) is 2.35. The molecule has 0 aliphatic rings. The third kappa shape index (κ3) is 4.07. The van der Waals surface area contributed by atoms with Crippen molar-refractivity contribution in [1.82, 2.24) is 19.4 Å². The molecule has 5 nitrogen and oxygen atoms in total. The van der Waals surface area contributed by atoms with Crippen LogP contribution in [0.3, 0.4) is 0 Å². The third-order valence-electron chi connectivity index (χ3n) is 9.61. The first kappa shape index (κ1) is 28.6. The Balaban J connectivity index is 1.62. The highest BCUT2D eigenvalue weighted by Gasteiger charge is 2.29. The quantitative estimate of drug-likeness (QED) is 0.112. The van der Waals surface area contributed by atoms with Gasteiger partial charge in [0, 0.05) is 38.8 Å². The van der Waals surface area contributed by atoms with Crippen LogP contribution in [0.15, 0.2) is 79.0 Å². The van der Waals surface area contributed by atoms with Crippen molar-refractivity contribution >= 4 is 49.0 Å². The normalized spacial score (nSPS) is 12.9. The summed E-state index contributed by atoms with van der Waals surface area (Å²) in [4.78, 5) is 15.2. The first-order chi connectivity index (χ1) is 21.8. The number of nitrogens with zero attached hydrogens (tertiary/aromatic N) is 5. The maximum atomic E-state index is 5.13. The molecule has 4 aromatic heterocycles. The molecule has 4 aromatic carbocycles. The average molecular weight is 603 g/mol. The third-order valence-corrected chi connectivity index (χ3v) is 9.61. The molecule has 0 fully saturated rings. The van der Waals surface area contributed by atoms with Gasteiger partial charge < -0.3 is 4.40 Å². The molecule has 0 aliphatic carbocycles. The van der Waals surface area contributed by atoms with E-state index in [0.717, 1.165) is 28.6 Å². The van der Waals surface area contributed by atoms with Gasteiger partial charge in [-0.25, -0.2) is 19.5 Å². The summed E-state index contributed by atoms with van der Waals surface area (Å²) < 4.78 is 4.83. The summed E-state index contributed by atoms with van der Waals surface area (Å²) in [6, 6.07) is 26.7. The van der Waals surface area contributed by atoms with E-state index in [1.807, 2.05) is 0 Å². The number of pyridine rings is 2. The SMILES string of the molecule is Cc1cc2c3cccc(-c4ccccc4)c3n3c4cc(-c5nc(C(C)(C)C)nc(C(C)(C)C)n5)cc5cc[n+](C)c(c(c1C)c23)c54. The van der Waals surface area contributed by atoms with E-state index in [1.165, 1.54) is 65.7 Å². The molecule has 0 saturated carbocycles. The largest absolute Gasteiger partial charge is 0.307 e. The average Bonchev–Trinajstić information content (AvgIpc) is 3.35. The van der Waals surface area contributed by atoms with Gasteiger partial charge in [-0.05, 0) is 54.1 Å². The van der Waals surface area contributed by atoms with Crippen LogP contribution in [-0.4, -0.2) is 19.4 Å². The zero-order chi connectivity index (χ0) is 32.3. The molecule has 0 radical (unpaired) electrons. The smallest absolute Gasteiger partial charge is 0.224 e. The van der Waals surface area contributed by atoms with Crippen LogP contribution in [0.2, 0.25) is 0 Å². The van der Waals surface area contributed by atoms with E-state index in [0.29, 0.717) is 0 Å². The predicted octanol–water partition coefficient (Wildman–Crippen LogP) is 9.55. The summed E-state index contributed by atoms with van der Waals surface area (Å²) in [7, 11) is 2.17. The fourth-order valence-corrected chi connectivity index (χ4v) is 7.10. The van der Waals surface area contributed by atoms with E-state index >= 15 is 0 Å². The van der Waals surface area contributed by atoms with Crippen molar-refractivity contribution in [2.75, 3.05) is 0 Å². The molecule has 8 aromatic rings. The van der Waals surface area contributed by atoms with Gasteiger partial charge in [-0.2, -0.15) is 0 Å². The Labute approximate surface area is 269 Å². The van der Waals surface area contributed by atoms with E-state index in [2.05, 4.69) is 150 Å². The van der Waals surface area contributed by atoms with Gasteiger partial charge in [0.05, 0.1) is 27.3 Å². The van der Waals surface area contributed by atoms with Crippen LogP contribution >= 0.6 is 0 Å². The van der Waals surface area contributed by atoms with Crippen molar-refractivity contribution in [3.05, 3.63) is 102 Å². The molecule has 5 heteroatoms. The number of benzene rings is 4. The van der Waals surface area contributed by atoms with Gasteiger partial charge in [-0.1, -0.05) is 90.1 Å². The highest BCUT2D eigenvalue weighted by Crippen LogP contribution is 2.45. The first-order valence-corrected chi connectivity index (χ1v) is 16.2. The molecule has 0 bridgehead atoms. The highest BCUT2D eigenvalue weighted by atomic mass is 15.1. The minimum atomic E-state index is -0.217. The van der Waals surface area contributed by atoms with Gasteiger partial charge >= 0.3 is 0 Å². The van der Waals surface area contributed by atoms with E-state index in [1.54, 1.807) is 0 Å². The second-order valence-electron chi connectivity index (χ2n) is 15.0. The van der Waals surface area contributed by atoms with Crippen LogP contribution in [0.4, 0.5) is 0 Å². The Morgan fingerprint density at radius 3 is 2.02 bits per heavy atom. The molecule has 8 rings (SSSR count). The maximum Gasteiger partial charge on any atom is 0.224 e. The summed E-state index contributed by atoms with van der Waals surface area (Å²) in [5, 5.41) is 6.28. The van der Waals surface area contributed by atoms with Crippen molar-refractivity contribution in [2.45, 2.75) is 66.2 Å². The van der Waals surface area contributed by atoms with Gasteiger partial charge in [0.15, 0.2) is 12.0 Å². The number of rotatable bonds is 2. The predicted molar refractivity (Wildman–Crippen MR) is 191 cm³/mol. The molecule has 0 aliphatic heterocycles. The molecule has 0 saturated heterocycles. The van der Waals surface area contributed by atoms with Gasteiger partial charge in [0.1, 0.15) is 18.7 Å². The number of aromatic nitrogens is 5. The van der Waals surface area contributed by atoms with E-state index in [9.17, 15) is 0 Å². The van der Waals surface area contributed by atoms with Gasteiger partial charge in [0.2, 0.25) is 5.52 Å². The van der Waals surface area contributed by atoms with Crippen LogP contribution in [0, 0.1) is 13.8 Å². The lowest BCUT2D eigenvalue weighted by Crippen LogP contribution is -2.29. The number of aryl methyl sites for hydroxylation is 3. The van der Waals surface area contributed by atoms with E-state index in [4.69, 9.17) is 15.0 Å². The molecule has 0 atom stereocenters. The van der Waals surface area contributed by atoms with Crippen molar-refractivity contribution < 1.29 is 4.57 Å². The summed E-state index contributed by atoms with van der Waals surface area (Å²) in [5.41, 5.74) is 10.5. The fourth-order valence-electron chi connectivity index (χ4n) is 7.10. The topological polar surface area (TPSA) is 47.0 Å². The number of hydrogen-bond donors (Lipinski definition) is 0. The van der Waals surface area contributed by atoms with Crippen molar-refractivity contribution in [2.24, 2.45) is 7.05 Å². The Kier molecular flexibility index (Phi) is 5.93. The Hall–Kier alpha value is -4.90. The molecule has 228 valence electrons. The molecule has 0 spiro atoms. The zero-order valence-corrected chi connectivity index (χ0v) is 28.2. The second kappa shape index (κ2) is 9.56. The van der Waals surface area contributed by atoms with Crippen LogP contribution in [0.1, 0.15) is 64.3 Å². The van der Waals surface area contributed by atoms with Crippen molar-refractivity contribution in [3.8, 4) is 22.5 Å². The Morgan fingerprint density at radius 2 is 1.35 bits per heavy atom. The molecule has 46 heavy (non-hydrogen) atoms. The first-order valence-electron chi connectivity index (χ1n) is 16.2. The molecule has 0 N–H and O–H groups in total. The minimum Gasteiger partial charge on any atom is -0.307 e. The van der Waals surface area contributed by atoms with Gasteiger partial charge in [-0.15, -0.1) is 0 Å². The molecular formula is C41H40N5+. The Bertz CT molecular complexity index is 2470. The zero-order valence-electron chi connectivity index (χ0n) is 28.2. The van der Waals surface area contributed by atoms with E-state index < -0.39 is 0 Å². The van der Waals surface area contributed by atoms with Crippen LogP contribution in [0.5, 0.6) is 0 Å². The lowest BCUT2D eigenvalue weighted by Gasteiger charge is -2.23. The lowest BCUT2D eigenvalue weighted by atomic mass is 9.92. The number of hydrogen-bond acceptors (Lipinski definition) is 3. The van der Waals surface area contributed by atoms with Crippen molar-refractivity contribution in [3.63, 3.8) is 0 Å².